The quantitative estimate of drug-likeness (QED) is 0.277. The Kier molecular flexibility index (Phi) is 11.8. The van der Waals surface area contributed by atoms with E-state index in [-0.39, 0.29) is 11.9 Å². The molecule has 1 aromatic carbocycles. The Morgan fingerprint density at radius 3 is 2.10 bits per heavy atom. The molecule has 0 spiro atoms. The second-order valence-corrected chi connectivity index (χ2v) is 8.02. The second-order valence-electron chi connectivity index (χ2n) is 8.02. The van der Waals surface area contributed by atoms with Gasteiger partial charge in [-0.2, -0.15) is 0 Å². The Bertz CT molecular complexity index is 704. The minimum Gasteiger partial charge on any atom is -0.490 e. The zero-order chi connectivity index (χ0) is 21.6. The maximum atomic E-state index is 11.4. The number of hydrogen-bond donors (Lipinski definition) is 0. The normalized spacial score (nSPS) is 13.0. The fourth-order valence-corrected chi connectivity index (χ4v) is 2.96. The molecule has 1 unspecified atom stereocenters. The summed E-state index contributed by atoms with van der Waals surface area (Å²) in [6, 6.07) is 7.96. The molecule has 1 aromatic rings. The molecule has 0 N–H and O–H groups in total. The molecule has 0 amide bonds. The molecule has 0 bridgehead atoms. The van der Waals surface area contributed by atoms with Crippen molar-refractivity contribution >= 4 is 5.97 Å². The van der Waals surface area contributed by atoms with Crippen LogP contribution in [0.2, 0.25) is 0 Å². The van der Waals surface area contributed by atoms with Crippen LogP contribution in [0.4, 0.5) is 0 Å². The van der Waals surface area contributed by atoms with E-state index in [1.54, 1.807) is 0 Å². The van der Waals surface area contributed by atoms with Gasteiger partial charge in [0.25, 0.3) is 0 Å². The van der Waals surface area contributed by atoms with Crippen LogP contribution in [0.1, 0.15) is 78.2 Å². The van der Waals surface area contributed by atoms with Crippen LogP contribution in [0, 0.1) is 0 Å². The van der Waals surface area contributed by atoms with Gasteiger partial charge in [-0.1, -0.05) is 47.9 Å². The Morgan fingerprint density at radius 2 is 1.52 bits per heavy atom. The monoisotopic (exact) mass is 398 g/mol. The minimum atomic E-state index is -0.184. The SMILES string of the molecule is COC(=O)CC(C)c1ccc(OC/C=C(\C)CC/C=C(\C)CCC=C(C)C)cc1. The summed E-state index contributed by atoms with van der Waals surface area (Å²) in [5.74, 6) is 0.798. The van der Waals surface area contributed by atoms with E-state index >= 15 is 0 Å². The lowest BCUT2D eigenvalue weighted by atomic mass is 9.98. The number of rotatable bonds is 12. The highest BCUT2D eigenvalue weighted by Gasteiger charge is 2.11. The summed E-state index contributed by atoms with van der Waals surface area (Å²) < 4.78 is 10.6. The van der Waals surface area contributed by atoms with E-state index in [0.717, 1.165) is 37.0 Å². The zero-order valence-electron chi connectivity index (χ0n) is 19.1. The Labute approximate surface area is 177 Å². The molecule has 29 heavy (non-hydrogen) atoms. The van der Waals surface area contributed by atoms with Crippen molar-refractivity contribution in [3.63, 3.8) is 0 Å². The molecule has 3 nitrogen and oxygen atoms in total. The van der Waals surface area contributed by atoms with Crippen molar-refractivity contribution in [2.24, 2.45) is 0 Å². The van der Waals surface area contributed by atoms with Crippen molar-refractivity contribution in [1.82, 2.24) is 0 Å². The summed E-state index contributed by atoms with van der Waals surface area (Å²) in [5.41, 5.74) is 5.32. The number of hydrogen-bond acceptors (Lipinski definition) is 3. The Morgan fingerprint density at radius 1 is 0.931 bits per heavy atom. The molecule has 160 valence electrons. The van der Waals surface area contributed by atoms with E-state index in [1.807, 2.05) is 31.2 Å². The highest BCUT2D eigenvalue weighted by atomic mass is 16.5. The van der Waals surface area contributed by atoms with E-state index < -0.39 is 0 Å². The predicted octanol–water partition coefficient (Wildman–Crippen LogP) is 7.15. The van der Waals surface area contributed by atoms with E-state index in [0.29, 0.717) is 13.0 Å². The number of esters is 1. The topological polar surface area (TPSA) is 35.5 Å². The zero-order valence-corrected chi connectivity index (χ0v) is 19.1. The van der Waals surface area contributed by atoms with E-state index in [2.05, 4.69) is 45.9 Å². The number of ether oxygens (including phenoxy) is 2. The van der Waals surface area contributed by atoms with Crippen LogP contribution in [0.5, 0.6) is 5.75 Å². The Hall–Kier alpha value is -2.29. The van der Waals surface area contributed by atoms with Crippen LogP contribution < -0.4 is 4.74 Å². The standard InChI is InChI=1S/C26H38O3/c1-20(2)9-7-10-21(3)11-8-12-22(4)17-18-29-25-15-13-24(14-16-25)23(5)19-26(27)28-6/h9,11,13-17,23H,7-8,10,12,18-19H2,1-6H3/b21-11+,22-17+. The van der Waals surface area contributed by atoms with Crippen LogP contribution in [-0.4, -0.2) is 19.7 Å². The lowest BCUT2D eigenvalue weighted by Crippen LogP contribution is -2.06. The molecular formula is C26H38O3. The predicted molar refractivity (Wildman–Crippen MR) is 122 cm³/mol. The summed E-state index contributed by atoms with van der Waals surface area (Å²) in [4.78, 5) is 11.4. The van der Waals surface area contributed by atoms with Crippen LogP contribution >= 0.6 is 0 Å². The number of methoxy groups -OCH3 is 1. The fourth-order valence-electron chi connectivity index (χ4n) is 2.96. The third-order valence-corrected chi connectivity index (χ3v) is 4.95. The summed E-state index contributed by atoms with van der Waals surface area (Å²) in [6.07, 6.45) is 11.6. The second kappa shape index (κ2) is 13.8. The Balaban J connectivity index is 2.36. The molecule has 0 aromatic heterocycles. The molecule has 0 fully saturated rings. The number of carbonyl (C=O) groups is 1. The van der Waals surface area contributed by atoms with Gasteiger partial charge in [-0.05, 0) is 83.1 Å². The number of allylic oxidation sites excluding steroid dienone is 5. The van der Waals surface area contributed by atoms with Gasteiger partial charge in [0, 0.05) is 0 Å². The van der Waals surface area contributed by atoms with Crippen molar-refractivity contribution in [3.05, 3.63) is 64.8 Å². The van der Waals surface area contributed by atoms with Crippen molar-refractivity contribution in [1.29, 1.82) is 0 Å². The van der Waals surface area contributed by atoms with Crippen LogP contribution in [0.3, 0.4) is 0 Å². The van der Waals surface area contributed by atoms with Gasteiger partial charge in [0.2, 0.25) is 0 Å². The molecule has 0 saturated carbocycles. The average Bonchev–Trinajstić information content (AvgIpc) is 2.68. The molecule has 1 rings (SSSR count). The maximum Gasteiger partial charge on any atom is 0.306 e. The van der Waals surface area contributed by atoms with Gasteiger partial charge in [0.05, 0.1) is 13.5 Å². The lowest BCUT2D eigenvalue weighted by Gasteiger charge is -2.11. The molecular weight excluding hydrogens is 360 g/mol. The maximum absolute atomic E-state index is 11.4. The first-order chi connectivity index (χ1) is 13.8. The molecule has 3 heteroatoms. The van der Waals surface area contributed by atoms with Crippen molar-refractivity contribution in [2.75, 3.05) is 13.7 Å². The summed E-state index contributed by atoms with van der Waals surface area (Å²) in [6.45, 7) is 11.3. The lowest BCUT2D eigenvalue weighted by molar-refractivity contribution is -0.140. The molecule has 0 aliphatic heterocycles. The van der Waals surface area contributed by atoms with E-state index in [1.165, 1.54) is 23.8 Å². The molecule has 0 radical (unpaired) electrons. The van der Waals surface area contributed by atoms with E-state index in [9.17, 15) is 4.79 Å². The average molecular weight is 399 g/mol. The van der Waals surface area contributed by atoms with Crippen LogP contribution in [-0.2, 0) is 9.53 Å². The van der Waals surface area contributed by atoms with Crippen LogP contribution in [0.25, 0.3) is 0 Å². The largest absolute Gasteiger partial charge is 0.490 e. The highest BCUT2D eigenvalue weighted by molar-refractivity contribution is 5.70. The van der Waals surface area contributed by atoms with Gasteiger partial charge in [0.15, 0.2) is 0 Å². The van der Waals surface area contributed by atoms with Gasteiger partial charge < -0.3 is 9.47 Å². The fraction of sp³-hybridized carbons (Fsp3) is 0.500. The summed E-state index contributed by atoms with van der Waals surface area (Å²) in [5, 5.41) is 0. The van der Waals surface area contributed by atoms with Gasteiger partial charge >= 0.3 is 5.97 Å². The van der Waals surface area contributed by atoms with Crippen molar-refractivity contribution in [3.8, 4) is 5.75 Å². The smallest absolute Gasteiger partial charge is 0.306 e. The third kappa shape index (κ3) is 11.3. The molecule has 0 aliphatic rings. The molecule has 0 aliphatic carbocycles. The van der Waals surface area contributed by atoms with Crippen molar-refractivity contribution in [2.45, 2.75) is 72.6 Å². The van der Waals surface area contributed by atoms with Gasteiger partial charge in [-0.3, -0.25) is 4.79 Å². The third-order valence-electron chi connectivity index (χ3n) is 4.95. The summed E-state index contributed by atoms with van der Waals surface area (Å²) in [7, 11) is 1.42. The number of carbonyl (C=O) groups excluding carboxylic acids is 1. The van der Waals surface area contributed by atoms with Gasteiger partial charge in [0.1, 0.15) is 12.4 Å². The van der Waals surface area contributed by atoms with Crippen LogP contribution in [0.15, 0.2) is 59.2 Å². The van der Waals surface area contributed by atoms with Gasteiger partial charge in [-0.15, -0.1) is 0 Å². The minimum absolute atomic E-state index is 0.136. The number of benzene rings is 1. The van der Waals surface area contributed by atoms with Gasteiger partial charge in [-0.25, -0.2) is 0 Å². The molecule has 1 atom stereocenters. The molecule has 0 heterocycles. The van der Waals surface area contributed by atoms with Crippen molar-refractivity contribution < 1.29 is 14.3 Å². The first-order valence-electron chi connectivity index (χ1n) is 10.6. The molecule has 0 saturated heterocycles. The summed E-state index contributed by atoms with van der Waals surface area (Å²) >= 11 is 0. The first-order valence-corrected chi connectivity index (χ1v) is 10.6. The van der Waals surface area contributed by atoms with E-state index in [4.69, 9.17) is 9.47 Å². The first kappa shape index (κ1) is 24.7. The highest BCUT2D eigenvalue weighted by Crippen LogP contribution is 2.22.